The van der Waals surface area contributed by atoms with Gasteiger partial charge in [0.1, 0.15) is 5.52 Å². The van der Waals surface area contributed by atoms with E-state index in [4.69, 9.17) is 15.7 Å². The quantitative estimate of drug-likeness (QED) is 0.520. The van der Waals surface area contributed by atoms with Crippen molar-refractivity contribution in [2.75, 3.05) is 10.6 Å². The Morgan fingerprint density at radius 2 is 1.82 bits per heavy atom. The van der Waals surface area contributed by atoms with E-state index in [9.17, 15) is 0 Å². The van der Waals surface area contributed by atoms with Crippen LogP contribution in [0.5, 0.6) is 0 Å². The van der Waals surface area contributed by atoms with Crippen LogP contribution >= 0.6 is 0 Å². The molecule has 3 aromatic rings. The molecule has 0 radical (unpaired) electrons. The molecule has 2 aromatic heterocycles. The van der Waals surface area contributed by atoms with Crippen molar-refractivity contribution in [1.29, 1.82) is 0 Å². The van der Waals surface area contributed by atoms with Crippen molar-refractivity contribution in [3.05, 3.63) is 41.6 Å². The molecule has 1 aliphatic rings. The first-order chi connectivity index (χ1) is 13.6. The summed E-state index contributed by atoms with van der Waals surface area (Å²) in [5.41, 5.74) is 9.95. The zero-order valence-electron chi connectivity index (χ0n) is 16.6. The largest absolute Gasteiger partial charge is 0.364 e. The molecule has 1 saturated carbocycles. The third kappa shape index (κ3) is 4.09. The summed E-state index contributed by atoms with van der Waals surface area (Å²) in [7, 11) is 0. The van der Waals surface area contributed by atoms with Gasteiger partial charge in [-0.15, -0.1) is 0 Å². The third-order valence-electron chi connectivity index (χ3n) is 5.41. The number of benzene rings is 1. The average Bonchev–Trinajstić information content (AvgIpc) is 3.13. The SMILES string of the molecule is CC(C)c1[nH]nc2c(NCc3ccccc3)nc(NC3CCC(N)CC3)nc12. The second-order valence-corrected chi connectivity index (χ2v) is 7.98. The highest BCUT2D eigenvalue weighted by Crippen LogP contribution is 2.28. The van der Waals surface area contributed by atoms with Gasteiger partial charge in [-0.05, 0) is 37.2 Å². The Balaban J connectivity index is 1.62. The van der Waals surface area contributed by atoms with E-state index < -0.39 is 0 Å². The van der Waals surface area contributed by atoms with Crippen molar-refractivity contribution in [3.63, 3.8) is 0 Å². The predicted molar refractivity (Wildman–Crippen MR) is 113 cm³/mol. The van der Waals surface area contributed by atoms with Crippen LogP contribution in [-0.2, 0) is 6.54 Å². The first kappa shape index (κ1) is 18.7. The number of hydrogen-bond acceptors (Lipinski definition) is 6. The maximum Gasteiger partial charge on any atom is 0.225 e. The number of rotatable bonds is 6. The summed E-state index contributed by atoms with van der Waals surface area (Å²) in [6.07, 6.45) is 4.19. The number of aromatic amines is 1. The van der Waals surface area contributed by atoms with Gasteiger partial charge in [0.15, 0.2) is 11.3 Å². The molecule has 1 aromatic carbocycles. The highest BCUT2D eigenvalue weighted by molar-refractivity contribution is 5.88. The molecule has 0 saturated heterocycles. The van der Waals surface area contributed by atoms with Gasteiger partial charge in [0.25, 0.3) is 0 Å². The molecular weight excluding hydrogens is 350 g/mol. The monoisotopic (exact) mass is 379 g/mol. The molecule has 0 amide bonds. The summed E-state index contributed by atoms with van der Waals surface area (Å²) >= 11 is 0. The van der Waals surface area contributed by atoms with Crippen LogP contribution in [0.3, 0.4) is 0 Å². The normalized spacial score (nSPS) is 19.9. The lowest BCUT2D eigenvalue weighted by Crippen LogP contribution is -2.33. The number of aromatic nitrogens is 4. The lowest BCUT2D eigenvalue weighted by atomic mass is 9.92. The maximum atomic E-state index is 6.04. The molecule has 0 unspecified atom stereocenters. The number of nitrogens with two attached hydrogens (primary N) is 1. The van der Waals surface area contributed by atoms with E-state index in [2.05, 4.69) is 46.8 Å². The molecule has 7 nitrogen and oxygen atoms in total. The third-order valence-corrected chi connectivity index (χ3v) is 5.41. The minimum absolute atomic E-state index is 0.308. The van der Waals surface area contributed by atoms with Crippen molar-refractivity contribution in [2.24, 2.45) is 5.73 Å². The Morgan fingerprint density at radius 1 is 1.07 bits per heavy atom. The van der Waals surface area contributed by atoms with Crippen LogP contribution in [0.2, 0.25) is 0 Å². The molecule has 0 spiro atoms. The van der Waals surface area contributed by atoms with E-state index in [1.165, 1.54) is 5.56 Å². The van der Waals surface area contributed by atoms with Crippen LogP contribution in [-0.4, -0.2) is 32.2 Å². The molecule has 2 heterocycles. The summed E-state index contributed by atoms with van der Waals surface area (Å²) in [4.78, 5) is 9.55. The fourth-order valence-corrected chi connectivity index (χ4v) is 3.74. The van der Waals surface area contributed by atoms with Crippen molar-refractivity contribution >= 4 is 22.8 Å². The fourth-order valence-electron chi connectivity index (χ4n) is 3.74. The van der Waals surface area contributed by atoms with E-state index in [0.29, 0.717) is 30.5 Å². The summed E-state index contributed by atoms with van der Waals surface area (Å²) in [6.45, 7) is 4.97. The molecule has 7 heteroatoms. The average molecular weight is 380 g/mol. The number of H-pyrrole nitrogens is 1. The summed E-state index contributed by atoms with van der Waals surface area (Å²) < 4.78 is 0. The molecule has 1 fully saturated rings. The highest BCUT2D eigenvalue weighted by Gasteiger charge is 2.21. The van der Waals surface area contributed by atoms with E-state index in [1.807, 2.05) is 18.2 Å². The first-order valence-corrected chi connectivity index (χ1v) is 10.2. The number of anilines is 2. The fraction of sp³-hybridized carbons (Fsp3) is 0.476. The highest BCUT2D eigenvalue weighted by atomic mass is 15.2. The lowest BCUT2D eigenvalue weighted by molar-refractivity contribution is 0.410. The van der Waals surface area contributed by atoms with Gasteiger partial charge in [-0.25, -0.2) is 4.98 Å². The maximum absolute atomic E-state index is 6.04. The van der Waals surface area contributed by atoms with Crippen LogP contribution in [0.4, 0.5) is 11.8 Å². The molecule has 4 rings (SSSR count). The number of fused-ring (bicyclic) bond motifs is 1. The van der Waals surface area contributed by atoms with Crippen molar-refractivity contribution in [2.45, 2.75) is 64.1 Å². The summed E-state index contributed by atoms with van der Waals surface area (Å²) in [6, 6.07) is 11.0. The predicted octanol–water partition coefficient (Wildman–Crippen LogP) is 3.77. The lowest BCUT2D eigenvalue weighted by Gasteiger charge is -2.26. The number of hydrogen-bond donors (Lipinski definition) is 4. The van der Waals surface area contributed by atoms with Gasteiger partial charge in [-0.2, -0.15) is 10.1 Å². The smallest absolute Gasteiger partial charge is 0.225 e. The van der Waals surface area contributed by atoms with E-state index in [1.54, 1.807) is 0 Å². The van der Waals surface area contributed by atoms with Crippen LogP contribution in [0, 0.1) is 0 Å². The molecule has 1 aliphatic carbocycles. The van der Waals surface area contributed by atoms with Crippen LogP contribution in [0.15, 0.2) is 30.3 Å². The van der Waals surface area contributed by atoms with Gasteiger partial charge in [-0.1, -0.05) is 44.2 Å². The van der Waals surface area contributed by atoms with Gasteiger partial charge >= 0.3 is 0 Å². The second kappa shape index (κ2) is 8.14. The minimum Gasteiger partial charge on any atom is -0.364 e. The first-order valence-electron chi connectivity index (χ1n) is 10.2. The van der Waals surface area contributed by atoms with E-state index in [-0.39, 0.29) is 0 Å². The molecule has 28 heavy (non-hydrogen) atoms. The van der Waals surface area contributed by atoms with Crippen molar-refractivity contribution in [3.8, 4) is 0 Å². The minimum atomic E-state index is 0.308. The standard InChI is InChI=1S/C21H29N7/c1-13(2)17-18-19(28-27-17)20(23-12-14-6-4-3-5-7-14)26-21(25-18)24-16-10-8-15(22)9-11-16/h3-7,13,15-16H,8-12,22H2,1-2H3,(H,27,28)(H2,23,24,25,26). The van der Waals surface area contributed by atoms with Crippen LogP contribution in [0.25, 0.3) is 11.0 Å². The van der Waals surface area contributed by atoms with Gasteiger partial charge in [0.05, 0.1) is 5.69 Å². The summed E-state index contributed by atoms with van der Waals surface area (Å²) in [5, 5.41) is 14.6. The number of nitrogens with one attached hydrogen (secondary N) is 3. The summed E-state index contributed by atoms with van der Waals surface area (Å²) in [5.74, 6) is 1.72. The second-order valence-electron chi connectivity index (χ2n) is 7.98. The number of nitrogens with zero attached hydrogens (tertiary/aromatic N) is 3. The van der Waals surface area contributed by atoms with Crippen molar-refractivity contribution < 1.29 is 0 Å². The molecule has 0 aliphatic heterocycles. The van der Waals surface area contributed by atoms with Crippen LogP contribution in [0.1, 0.15) is 56.7 Å². The van der Waals surface area contributed by atoms with Gasteiger partial charge < -0.3 is 16.4 Å². The Hall–Kier alpha value is -2.67. The Kier molecular flexibility index (Phi) is 5.43. The van der Waals surface area contributed by atoms with Gasteiger partial charge in [-0.3, -0.25) is 5.10 Å². The molecule has 5 N–H and O–H groups in total. The topological polar surface area (TPSA) is 105 Å². The van der Waals surface area contributed by atoms with Gasteiger partial charge in [0, 0.05) is 18.6 Å². The van der Waals surface area contributed by atoms with Crippen molar-refractivity contribution in [1.82, 2.24) is 20.2 Å². The van der Waals surface area contributed by atoms with Crippen LogP contribution < -0.4 is 16.4 Å². The van der Waals surface area contributed by atoms with E-state index in [0.717, 1.165) is 48.2 Å². The molecule has 0 atom stereocenters. The zero-order valence-corrected chi connectivity index (χ0v) is 16.6. The Morgan fingerprint density at radius 3 is 2.54 bits per heavy atom. The Bertz CT molecular complexity index is 911. The van der Waals surface area contributed by atoms with Gasteiger partial charge in [0.2, 0.25) is 5.95 Å². The molecule has 148 valence electrons. The zero-order chi connectivity index (χ0) is 19.5. The molecule has 0 bridgehead atoms. The molecular formula is C21H29N7. The van der Waals surface area contributed by atoms with E-state index >= 15 is 0 Å². The Labute approximate surface area is 165 Å².